The summed E-state index contributed by atoms with van der Waals surface area (Å²) >= 11 is 0. The molecule has 0 spiro atoms. The van der Waals surface area contributed by atoms with E-state index in [1.165, 1.54) is 0 Å². The van der Waals surface area contributed by atoms with Crippen LogP contribution in [0.1, 0.15) is 12.8 Å². The van der Waals surface area contributed by atoms with Crippen LogP contribution in [0.3, 0.4) is 0 Å². The first-order valence-corrected chi connectivity index (χ1v) is 2.24. The zero-order chi connectivity index (χ0) is 4.41. The third-order valence-electron chi connectivity index (χ3n) is 0.960. The molecule has 1 rings (SSSR count). The van der Waals surface area contributed by atoms with Gasteiger partial charge in [0, 0.05) is 19.5 Å². The van der Waals surface area contributed by atoms with E-state index >= 15 is 0 Å². The van der Waals surface area contributed by atoms with Gasteiger partial charge in [-0.1, -0.05) is 6.42 Å². The van der Waals surface area contributed by atoms with E-state index in [0.717, 1.165) is 19.4 Å². The second-order valence-corrected chi connectivity index (χ2v) is 1.53. The molecule has 0 aromatic carbocycles. The van der Waals surface area contributed by atoms with Gasteiger partial charge >= 0.3 is 19.5 Å². The van der Waals surface area contributed by atoms with Gasteiger partial charge in [-0.2, -0.15) is 0 Å². The van der Waals surface area contributed by atoms with Crippen LogP contribution in [0.15, 0.2) is 0 Å². The predicted molar refractivity (Wildman–Crippen MR) is 62.0 cm³/mol. The van der Waals surface area contributed by atoms with Gasteiger partial charge in [0.15, 0.2) is 0 Å². The van der Waals surface area contributed by atoms with Crippen LogP contribution in [0, 0.1) is 44.6 Å². The third kappa shape index (κ3) is 29.2. The molecule has 99 valence electrons. The molecule has 0 bridgehead atoms. The maximum atomic E-state index is 8.56. The summed E-state index contributed by atoms with van der Waals surface area (Å²) in [5.41, 5.74) is 0. The van der Waals surface area contributed by atoms with E-state index in [4.69, 9.17) is 5.11 Å². The fourth-order valence-electron chi connectivity index (χ4n) is 0.605. The number of hydrogen-bond acceptors (Lipinski definition) is 1. The zero-order valence-electron chi connectivity index (χ0n) is 10.3. The molecule has 1 fully saturated rings. The second kappa shape index (κ2) is 36.8. The number of aliphatic hydroxyl groups excluding tert-OH is 1. The monoisotopic (exact) mass is 382 g/mol. The summed E-state index contributed by atoms with van der Waals surface area (Å²) in [5, 5.41) is 12.4. The van der Waals surface area contributed by atoms with Crippen LogP contribution in [0.2, 0.25) is 0 Å². The smallest absolute Gasteiger partial charge is 0.637 e. The molecule has 1 atom stereocenters. The minimum Gasteiger partial charge on any atom is -0.637 e. The molecular formula is C10H26NORh2-4. The van der Waals surface area contributed by atoms with E-state index in [1.807, 2.05) is 0 Å². The third-order valence-corrected chi connectivity index (χ3v) is 0.960. The van der Waals surface area contributed by atoms with Crippen molar-refractivity contribution in [2.24, 2.45) is 0 Å². The van der Waals surface area contributed by atoms with Crippen molar-refractivity contribution in [1.82, 2.24) is 0 Å². The Kier molecular flexibility index (Phi) is 156. The molecule has 4 heteroatoms. The van der Waals surface area contributed by atoms with E-state index < -0.39 is 0 Å². The zero-order valence-corrected chi connectivity index (χ0v) is 13.5. The molecule has 1 aliphatic heterocycles. The Morgan fingerprint density at radius 3 is 1.36 bits per heavy atom. The first kappa shape index (κ1) is 59.3. The average Bonchev–Trinajstić information content (AvgIpc) is 1.86. The molecule has 1 aliphatic rings. The SMILES string of the molecule is OC1CCC[N-]1.[CH3-].[CH3-].[CH3-].[CH3-].[CH3-].[CH3-].[Rh+3].[Rh]. The molecule has 1 N–H and O–H groups in total. The van der Waals surface area contributed by atoms with Gasteiger partial charge in [0.2, 0.25) is 0 Å². The molecule has 1 radical (unpaired) electrons. The summed E-state index contributed by atoms with van der Waals surface area (Å²) in [6, 6.07) is 0. The van der Waals surface area contributed by atoms with Gasteiger partial charge in [-0.3, -0.25) is 0 Å². The maximum absolute atomic E-state index is 8.56. The second-order valence-electron chi connectivity index (χ2n) is 1.53. The summed E-state index contributed by atoms with van der Waals surface area (Å²) in [6.07, 6.45) is 1.62. The van der Waals surface area contributed by atoms with Gasteiger partial charge in [-0.25, -0.2) is 0 Å². The minimum atomic E-state index is -0.329. The van der Waals surface area contributed by atoms with Crippen molar-refractivity contribution in [2.75, 3.05) is 6.54 Å². The Bertz CT molecular complexity index is 51.4. The Morgan fingerprint density at radius 2 is 1.29 bits per heavy atom. The van der Waals surface area contributed by atoms with Crippen molar-refractivity contribution >= 4 is 0 Å². The van der Waals surface area contributed by atoms with E-state index in [-0.39, 0.29) is 89.7 Å². The standard InChI is InChI=1S/C4H8NO.6CH3.2Rh/c6-4-2-1-3-5-4;;;;;;;;/h4,6H,1-3H2;6*1H3;;/q7*-1;;+3. The van der Waals surface area contributed by atoms with E-state index in [9.17, 15) is 0 Å². The summed E-state index contributed by atoms with van der Waals surface area (Å²) in [7, 11) is 0. The largest absolute Gasteiger partial charge is 3.00 e. The molecule has 0 saturated carbocycles. The van der Waals surface area contributed by atoms with Gasteiger partial charge < -0.3 is 55.0 Å². The summed E-state index contributed by atoms with van der Waals surface area (Å²) in [6.45, 7) is 0.862. The van der Waals surface area contributed by atoms with Crippen LogP contribution in [0.4, 0.5) is 0 Å². The van der Waals surface area contributed by atoms with Gasteiger partial charge in [0.1, 0.15) is 0 Å². The van der Waals surface area contributed by atoms with Crippen molar-refractivity contribution in [1.29, 1.82) is 0 Å². The molecule has 0 aromatic rings. The van der Waals surface area contributed by atoms with Crippen molar-refractivity contribution in [3.8, 4) is 0 Å². The fraction of sp³-hybridized carbons (Fsp3) is 0.400. The van der Waals surface area contributed by atoms with E-state index in [1.54, 1.807) is 0 Å². The van der Waals surface area contributed by atoms with Gasteiger partial charge in [0.05, 0.1) is 0 Å². The number of aliphatic hydroxyl groups is 1. The summed E-state index contributed by atoms with van der Waals surface area (Å²) in [4.78, 5) is 0. The Balaban J connectivity index is -0.00000000750. The van der Waals surface area contributed by atoms with Crippen molar-refractivity contribution < 1.29 is 44.1 Å². The van der Waals surface area contributed by atoms with Gasteiger partial charge in [0.25, 0.3) is 0 Å². The molecule has 2 nitrogen and oxygen atoms in total. The van der Waals surface area contributed by atoms with Crippen molar-refractivity contribution in [3.63, 3.8) is 0 Å². The van der Waals surface area contributed by atoms with Crippen LogP contribution < -0.4 is 0 Å². The van der Waals surface area contributed by atoms with Crippen LogP contribution in [-0.2, 0) is 39.0 Å². The number of rotatable bonds is 0. The fourth-order valence-corrected chi connectivity index (χ4v) is 0.605. The number of hydrogen-bond donors (Lipinski definition) is 1. The molecule has 1 heterocycles. The maximum Gasteiger partial charge on any atom is 3.00 e. The van der Waals surface area contributed by atoms with Crippen LogP contribution in [0.25, 0.3) is 5.32 Å². The van der Waals surface area contributed by atoms with E-state index in [0.29, 0.717) is 0 Å². The predicted octanol–water partition coefficient (Wildman–Crippen LogP) is 3.17. The Hall–Kier alpha value is 1.17. The van der Waals surface area contributed by atoms with Crippen LogP contribution >= 0.6 is 0 Å². The Labute approximate surface area is 119 Å². The molecule has 0 amide bonds. The van der Waals surface area contributed by atoms with Crippen molar-refractivity contribution in [2.45, 2.75) is 19.1 Å². The van der Waals surface area contributed by atoms with Gasteiger partial charge in [-0.15, -0.1) is 6.54 Å². The van der Waals surface area contributed by atoms with Crippen LogP contribution in [0.5, 0.6) is 0 Å². The number of nitrogens with zero attached hydrogens (tertiary/aromatic N) is 1. The average molecular weight is 382 g/mol. The molecular weight excluding hydrogens is 356 g/mol. The topological polar surface area (TPSA) is 34.3 Å². The molecule has 1 unspecified atom stereocenters. The summed E-state index contributed by atoms with van der Waals surface area (Å²) < 4.78 is 0. The van der Waals surface area contributed by atoms with Crippen molar-refractivity contribution in [3.05, 3.63) is 49.9 Å². The molecule has 1 saturated heterocycles. The minimum absolute atomic E-state index is 0. The first-order valence-electron chi connectivity index (χ1n) is 2.24. The molecule has 0 aliphatic carbocycles. The quantitative estimate of drug-likeness (QED) is 0.507. The van der Waals surface area contributed by atoms with Crippen LogP contribution in [-0.4, -0.2) is 17.9 Å². The summed E-state index contributed by atoms with van der Waals surface area (Å²) in [5.74, 6) is 0. The van der Waals surface area contributed by atoms with E-state index in [2.05, 4.69) is 5.32 Å². The first-order chi connectivity index (χ1) is 2.89. The molecule has 0 aromatic heterocycles. The normalized spacial score (nSPS) is 14.8. The Morgan fingerprint density at radius 1 is 0.929 bits per heavy atom. The van der Waals surface area contributed by atoms with Gasteiger partial charge in [-0.05, 0) is 12.6 Å². The molecule has 14 heavy (non-hydrogen) atoms.